The highest BCUT2D eigenvalue weighted by molar-refractivity contribution is 5.38. The van der Waals surface area contributed by atoms with E-state index < -0.39 is 0 Å². The van der Waals surface area contributed by atoms with Crippen molar-refractivity contribution in [3.05, 3.63) is 23.8 Å². The fourth-order valence-corrected chi connectivity index (χ4v) is 2.92. The molecule has 1 aliphatic rings. The Labute approximate surface area is 120 Å². The lowest BCUT2D eigenvalue weighted by Gasteiger charge is -2.52. The van der Waals surface area contributed by atoms with E-state index in [4.69, 9.17) is 4.74 Å². The number of phenolic OH excluding ortho intramolecular Hbond substituents is 2. The van der Waals surface area contributed by atoms with Crippen molar-refractivity contribution in [3.8, 4) is 11.5 Å². The second-order valence-electron chi connectivity index (χ2n) is 6.22. The lowest BCUT2D eigenvalue weighted by atomic mass is 9.64. The van der Waals surface area contributed by atoms with Gasteiger partial charge in [0, 0.05) is 30.2 Å². The molecule has 1 aromatic carbocycles. The number of nitrogens with one attached hydrogen (secondary N) is 1. The van der Waals surface area contributed by atoms with Crippen molar-refractivity contribution < 1.29 is 14.9 Å². The molecular weight excluding hydrogens is 254 g/mol. The van der Waals surface area contributed by atoms with Gasteiger partial charge >= 0.3 is 0 Å². The first-order chi connectivity index (χ1) is 9.34. The Balaban J connectivity index is 2.00. The zero-order chi connectivity index (χ0) is 14.9. The number of phenols is 2. The second-order valence-corrected chi connectivity index (χ2v) is 6.22. The first-order valence-electron chi connectivity index (χ1n) is 7.25. The van der Waals surface area contributed by atoms with Gasteiger partial charge < -0.3 is 20.3 Å². The minimum atomic E-state index is 0.0693. The average Bonchev–Trinajstić information content (AvgIpc) is 2.36. The summed E-state index contributed by atoms with van der Waals surface area (Å²) >= 11 is 0. The highest BCUT2D eigenvalue weighted by Crippen LogP contribution is 2.43. The molecule has 112 valence electrons. The maximum Gasteiger partial charge on any atom is 0.119 e. The van der Waals surface area contributed by atoms with Crippen LogP contribution in [0, 0.1) is 5.41 Å². The Bertz CT molecular complexity index is 453. The second kappa shape index (κ2) is 5.62. The minimum Gasteiger partial charge on any atom is -0.508 e. The van der Waals surface area contributed by atoms with E-state index in [1.807, 2.05) is 13.8 Å². The standard InChI is InChI=1S/C16H25NO3/c1-5-20-15-9-14(16(15,3)4)17-10(2)11-6-12(18)8-13(19)7-11/h6-8,10,14-15,17-19H,5,9H2,1-4H3. The third-order valence-electron chi connectivity index (χ3n) is 4.42. The smallest absolute Gasteiger partial charge is 0.119 e. The number of rotatable bonds is 5. The van der Waals surface area contributed by atoms with E-state index in [1.54, 1.807) is 12.1 Å². The molecule has 1 fully saturated rings. The van der Waals surface area contributed by atoms with Gasteiger partial charge in [0.05, 0.1) is 6.10 Å². The number of aromatic hydroxyl groups is 2. The third-order valence-corrected chi connectivity index (χ3v) is 4.42. The molecule has 20 heavy (non-hydrogen) atoms. The summed E-state index contributed by atoms with van der Waals surface area (Å²) in [5.74, 6) is 0.183. The summed E-state index contributed by atoms with van der Waals surface area (Å²) in [4.78, 5) is 0. The molecule has 0 spiro atoms. The summed E-state index contributed by atoms with van der Waals surface area (Å²) in [6, 6.07) is 5.15. The van der Waals surface area contributed by atoms with Gasteiger partial charge in [-0.1, -0.05) is 13.8 Å². The van der Waals surface area contributed by atoms with Crippen LogP contribution in [0.4, 0.5) is 0 Å². The Morgan fingerprint density at radius 1 is 1.30 bits per heavy atom. The third kappa shape index (κ3) is 2.91. The van der Waals surface area contributed by atoms with E-state index in [1.165, 1.54) is 6.07 Å². The Morgan fingerprint density at radius 2 is 1.90 bits per heavy atom. The van der Waals surface area contributed by atoms with Crippen molar-refractivity contribution >= 4 is 0 Å². The maximum absolute atomic E-state index is 9.56. The molecular formula is C16H25NO3. The predicted molar refractivity (Wildman–Crippen MR) is 78.9 cm³/mol. The van der Waals surface area contributed by atoms with Gasteiger partial charge in [0.25, 0.3) is 0 Å². The van der Waals surface area contributed by atoms with Gasteiger partial charge in [-0.15, -0.1) is 0 Å². The van der Waals surface area contributed by atoms with Crippen LogP contribution in [-0.4, -0.2) is 29.0 Å². The molecule has 3 N–H and O–H groups in total. The lowest BCUT2D eigenvalue weighted by Crippen LogP contribution is -2.61. The van der Waals surface area contributed by atoms with Gasteiger partial charge in [0.1, 0.15) is 11.5 Å². The molecule has 4 heteroatoms. The van der Waals surface area contributed by atoms with Crippen LogP contribution in [0.2, 0.25) is 0 Å². The molecule has 0 saturated heterocycles. The number of hydrogen-bond acceptors (Lipinski definition) is 4. The normalized spacial score (nSPS) is 26.0. The SMILES string of the molecule is CCOC1CC(NC(C)c2cc(O)cc(O)c2)C1(C)C. The van der Waals surface area contributed by atoms with Crippen LogP contribution in [0.5, 0.6) is 11.5 Å². The van der Waals surface area contributed by atoms with E-state index in [0.717, 1.165) is 18.6 Å². The maximum atomic E-state index is 9.56. The molecule has 0 aliphatic heterocycles. The topological polar surface area (TPSA) is 61.7 Å². The number of ether oxygens (including phenoxy) is 1. The summed E-state index contributed by atoms with van der Waals surface area (Å²) in [7, 11) is 0. The zero-order valence-corrected chi connectivity index (χ0v) is 12.7. The van der Waals surface area contributed by atoms with Crippen LogP contribution in [0.25, 0.3) is 0 Å². The molecule has 4 nitrogen and oxygen atoms in total. The van der Waals surface area contributed by atoms with Crippen molar-refractivity contribution in [2.75, 3.05) is 6.61 Å². The van der Waals surface area contributed by atoms with Gasteiger partial charge in [0.15, 0.2) is 0 Å². The van der Waals surface area contributed by atoms with E-state index in [9.17, 15) is 10.2 Å². The fraction of sp³-hybridized carbons (Fsp3) is 0.625. The molecule has 1 aromatic rings. The van der Waals surface area contributed by atoms with Gasteiger partial charge in [-0.2, -0.15) is 0 Å². The van der Waals surface area contributed by atoms with Crippen molar-refractivity contribution in [1.82, 2.24) is 5.32 Å². The number of hydrogen-bond donors (Lipinski definition) is 3. The Hall–Kier alpha value is -1.26. The predicted octanol–water partition coefficient (Wildman–Crippen LogP) is 2.95. The Kier molecular flexibility index (Phi) is 4.25. The van der Waals surface area contributed by atoms with Crippen LogP contribution < -0.4 is 5.32 Å². The van der Waals surface area contributed by atoms with Crippen LogP contribution in [0.15, 0.2) is 18.2 Å². The van der Waals surface area contributed by atoms with Gasteiger partial charge in [-0.05, 0) is 38.0 Å². The summed E-state index contributed by atoms with van der Waals surface area (Å²) in [6.07, 6.45) is 1.30. The largest absolute Gasteiger partial charge is 0.508 e. The van der Waals surface area contributed by atoms with Crippen molar-refractivity contribution in [2.24, 2.45) is 5.41 Å². The van der Waals surface area contributed by atoms with E-state index in [0.29, 0.717) is 12.1 Å². The molecule has 3 atom stereocenters. The molecule has 0 aromatic heterocycles. The zero-order valence-electron chi connectivity index (χ0n) is 12.7. The molecule has 3 unspecified atom stereocenters. The first kappa shape index (κ1) is 15.1. The van der Waals surface area contributed by atoms with Crippen molar-refractivity contribution in [1.29, 1.82) is 0 Å². The average molecular weight is 279 g/mol. The van der Waals surface area contributed by atoms with E-state index >= 15 is 0 Å². The molecule has 1 aliphatic carbocycles. The van der Waals surface area contributed by atoms with Crippen LogP contribution in [0.1, 0.15) is 45.7 Å². The van der Waals surface area contributed by atoms with Crippen LogP contribution in [0.3, 0.4) is 0 Å². The van der Waals surface area contributed by atoms with E-state index in [-0.39, 0.29) is 23.0 Å². The fourth-order valence-electron chi connectivity index (χ4n) is 2.92. The van der Waals surface area contributed by atoms with Crippen molar-refractivity contribution in [2.45, 2.75) is 52.3 Å². The monoisotopic (exact) mass is 279 g/mol. The first-order valence-corrected chi connectivity index (χ1v) is 7.25. The van der Waals surface area contributed by atoms with Crippen LogP contribution in [-0.2, 0) is 4.74 Å². The summed E-state index contributed by atoms with van der Waals surface area (Å²) in [5.41, 5.74) is 0.988. The molecule has 2 rings (SSSR count). The molecule has 0 radical (unpaired) electrons. The molecule has 0 amide bonds. The van der Waals surface area contributed by atoms with Gasteiger partial charge in [0.2, 0.25) is 0 Å². The lowest BCUT2D eigenvalue weighted by molar-refractivity contribution is -0.116. The summed E-state index contributed by atoms with van der Waals surface area (Å²) in [6.45, 7) is 9.23. The van der Waals surface area contributed by atoms with E-state index in [2.05, 4.69) is 19.2 Å². The molecule has 1 saturated carbocycles. The minimum absolute atomic E-state index is 0.0693. The Morgan fingerprint density at radius 3 is 2.40 bits per heavy atom. The van der Waals surface area contributed by atoms with Crippen LogP contribution >= 0.6 is 0 Å². The molecule has 0 heterocycles. The summed E-state index contributed by atoms with van der Waals surface area (Å²) in [5, 5.41) is 22.7. The highest BCUT2D eigenvalue weighted by atomic mass is 16.5. The summed E-state index contributed by atoms with van der Waals surface area (Å²) < 4.78 is 5.73. The highest BCUT2D eigenvalue weighted by Gasteiger charge is 2.49. The quantitative estimate of drug-likeness (QED) is 0.775. The van der Waals surface area contributed by atoms with Gasteiger partial charge in [-0.3, -0.25) is 0 Å². The van der Waals surface area contributed by atoms with Gasteiger partial charge in [-0.25, -0.2) is 0 Å². The number of benzene rings is 1. The van der Waals surface area contributed by atoms with Crippen molar-refractivity contribution in [3.63, 3.8) is 0 Å². The molecule has 0 bridgehead atoms.